The van der Waals surface area contributed by atoms with Crippen molar-refractivity contribution in [2.24, 2.45) is 5.92 Å². The van der Waals surface area contributed by atoms with Gasteiger partial charge in [-0.05, 0) is 30.7 Å². The molecule has 0 spiro atoms. The normalized spacial score (nSPS) is 16.8. The van der Waals surface area contributed by atoms with Crippen molar-refractivity contribution < 1.29 is 4.79 Å². The number of thioether (sulfide) groups is 1. The van der Waals surface area contributed by atoms with E-state index in [0.717, 1.165) is 23.1 Å². The van der Waals surface area contributed by atoms with Crippen LogP contribution >= 0.6 is 23.1 Å². The van der Waals surface area contributed by atoms with E-state index in [1.165, 1.54) is 28.6 Å². The van der Waals surface area contributed by atoms with Gasteiger partial charge in [-0.25, -0.2) is 4.98 Å². The van der Waals surface area contributed by atoms with Crippen molar-refractivity contribution >= 4 is 39.1 Å². The molecule has 0 bridgehead atoms. The molecule has 0 amide bonds. The van der Waals surface area contributed by atoms with Gasteiger partial charge in [0.15, 0.2) is 10.9 Å². The summed E-state index contributed by atoms with van der Waals surface area (Å²) in [6.45, 7) is 2.23. The van der Waals surface area contributed by atoms with Crippen molar-refractivity contribution in [3.8, 4) is 0 Å². The lowest BCUT2D eigenvalue weighted by Gasteiger charge is -2.17. The van der Waals surface area contributed by atoms with Gasteiger partial charge in [-0.15, -0.1) is 11.3 Å². The number of carbonyl (C=O) groups excluding carboxylic acids is 1. The molecular formula is C19H18N2O2S2. The predicted octanol–water partition coefficient (Wildman–Crippen LogP) is 4.08. The fraction of sp³-hybridized carbons (Fsp3) is 0.316. The minimum atomic E-state index is -0.0775. The zero-order chi connectivity index (χ0) is 17.4. The minimum absolute atomic E-state index is 0.0349. The maximum absolute atomic E-state index is 12.6. The Labute approximate surface area is 153 Å². The van der Waals surface area contributed by atoms with Crippen LogP contribution in [0.15, 0.2) is 40.3 Å². The topological polar surface area (TPSA) is 62.8 Å². The molecule has 1 aliphatic carbocycles. The average molecular weight is 370 g/mol. The Balaban J connectivity index is 1.59. The molecule has 2 aromatic heterocycles. The molecule has 0 fully saturated rings. The first-order chi connectivity index (χ1) is 12.1. The molecule has 2 heterocycles. The molecule has 0 aliphatic heterocycles. The number of aryl methyl sites for hydroxylation is 1. The van der Waals surface area contributed by atoms with Gasteiger partial charge in [-0.1, -0.05) is 49.0 Å². The van der Waals surface area contributed by atoms with Crippen molar-refractivity contribution in [3.05, 3.63) is 56.7 Å². The fourth-order valence-corrected chi connectivity index (χ4v) is 5.28. The fourth-order valence-electron chi connectivity index (χ4n) is 3.25. The molecule has 3 aromatic rings. The van der Waals surface area contributed by atoms with Crippen LogP contribution in [0, 0.1) is 5.92 Å². The first kappa shape index (κ1) is 16.5. The molecule has 1 atom stereocenters. The Kier molecular flexibility index (Phi) is 4.48. The molecule has 4 rings (SSSR count). The third-order valence-electron chi connectivity index (χ3n) is 4.58. The zero-order valence-electron chi connectivity index (χ0n) is 13.9. The lowest BCUT2D eigenvalue weighted by molar-refractivity contribution is 0.102. The van der Waals surface area contributed by atoms with Gasteiger partial charge in [-0.3, -0.25) is 9.59 Å². The van der Waals surface area contributed by atoms with E-state index in [1.807, 2.05) is 18.2 Å². The number of rotatable bonds is 4. The van der Waals surface area contributed by atoms with Crippen molar-refractivity contribution in [3.63, 3.8) is 0 Å². The van der Waals surface area contributed by atoms with E-state index in [9.17, 15) is 9.59 Å². The van der Waals surface area contributed by atoms with E-state index in [2.05, 4.69) is 16.9 Å². The SMILES string of the molecule is C[C@@H]1CCc2sc3nc(SCC(=O)c4ccccc4)[nH]c(=O)c3c2C1. The van der Waals surface area contributed by atoms with Gasteiger partial charge in [0.2, 0.25) is 0 Å². The van der Waals surface area contributed by atoms with Crippen LogP contribution in [0.4, 0.5) is 0 Å². The van der Waals surface area contributed by atoms with Gasteiger partial charge in [-0.2, -0.15) is 0 Å². The highest BCUT2D eigenvalue weighted by Gasteiger charge is 2.23. The molecule has 128 valence electrons. The van der Waals surface area contributed by atoms with Crippen LogP contribution in [0.1, 0.15) is 34.1 Å². The zero-order valence-corrected chi connectivity index (χ0v) is 15.5. The summed E-state index contributed by atoms with van der Waals surface area (Å²) in [6.07, 6.45) is 3.16. The first-order valence-corrected chi connectivity index (χ1v) is 10.2. The Hall–Kier alpha value is -1.92. The smallest absolute Gasteiger partial charge is 0.260 e. The van der Waals surface area contributed by atoms with E-state index in [4.69, 9.17) is 0 Å². The summed E-state index contributed by atoms with van der Waals surface area (Å²) in [6, 6.07) is 9.19. The molecule has 6 heteroatoms. The van der Waals surface area contributed by atoms with Crippen LogP contribution in [-0.2, 0) is 12.8 Å². The number of nitrogens with zero attached hydrogens (tertiary/aromatic N) is 1. The summed E-state index contributed by atoms with van der Waals surface area (Å²) < 4.78 is 0. The summed E-state index contributed by atoms with van der Waals surface area (Å²) in [5, 5.41) is 1.28. The standard InChI is InChI=1S/C19H18N2O2S2/c1-11-7-8-15-13(9-11)16-17(23)20-19(21-18(16)25-15)24-10-14(22)12-5-3-2-4-6-12/h2-6,11H,7-10H2,1H3,(H,20,21,23)/t11-/m1/s1. The van der Waals surface area contributed by atoms with E-state index >= 15 is 0 Å². The number of nitrogens with one attached hydrogen (secondary N) is 1. The van der Waals surface area contributed by atoms with E-state index in [1.54, 1.807) is 23.5 Å². The molecule has 4 nitrogen and oxygen atoms in total. The van der Waals surface area contributed by atoms with E-state index < -0.39 is 0 Å². The van der Waals surface area contributed by atoms with Gasteiger partial charge >= 0.3 is 0 Å². The van der Waals surface area contributed by atoms with E-state index in [0.29, 0.717) is 16.6 Å². The first-order valence-electron chi connectivity index (χ1n) is 8.37. The maximum Gasteiger partial charge on any atom is 0.260 e. The molecule has 1 aromatic carbocycles. The largest absolute Gasteiger partial charge is 0.301 e. The second-order valence-electron chi connectivity index (χ2n) is 6.48. The monoisotopic (exact) mass is 370 g/mol. The second kappa shape index (κ2) is 6.77. The molecule has 0 saturated carbocycles. The number of aromatic amines is 1. The Morgan fingerprint density at radius 3 is 2.96 bits per heavy atom. The predicted molar refractivity (Wildman–Crippen MR) is 103 cm³/mol. The Bertz CT molecular complexity index is 992. The number of ketones is 1. The highest BCUT2D eigenvalue weighted by molar-refractivity contribution is 7.99. The summed E-state index contributed by atoms with van der Waals surface area (Å²) in [5.74, 6) is 0.913. The molecule has 1 N–H and O–H groups in total. The van der Waals surface area contributed by atoms with Gasteiger partial charge < -0.3 is 4.98 Å². The third-order valence-corrected chi connectivity index (χ3v) is 6.63. The summed E-state index contributed by atoms with van der Waals surface area (Å²) >= 11 is 2.92. The molecule has 0 saturated heterocycles. The second-order valence-corrected chi connectivity index (χ2v) is 8.53. The molecular weight excluding hydrogens is 352 g/mol. The number of thiophene rings is 1. The number of carbonyl (C=O) groups is 1. The number of benzene rings is 1. The lowest BCUT2D eigenvalue weighted by atomic mass is 9.89. The van der Waals surface area contributed by atoms with Crippen LogP contribution in [-0.4, -0.2) is 21.5 Å². The molecule has 1 aliphatic rings. The van der Waals surface area contributed by atoms with E-state index in [-0.39, 0.29) is 17.1 Å². The Morgan fingerprint density at radius 1 is 1.36 bits per heavy atom. The van der Waals surface area contributed by atoms with Crippen molar-refractivity contribution in [1.29, 1.82) is 0 Å². The van der Waals surface area contributed by atoms with Crippen molar-refractivity contribution in [2.45, 2.75) is 31.3 Å². The molecule has 0 unspecified atom stereocenters. The number of Topliss-reactive ketones (excluding diaryl/α,β-unsaturated/α-hetero) is 1. The highest BCUT2D eigenvalue weighted by atomic mass is 32.2. The quantitative estimate of drug-likeness (QED) is 0.427. The van der Waals surface area contributed by atoms with Crippen molar-refractivity contribution in [1.82, 2.24) is 9.97 Å². The highest BCUT2D eigenvalue weighted by Crippen LogP contribution is 2.36. The Morgan fingerprint density at radius 2 is 2.16 bits per heavy atom. The van der Waals surface area contributed by atoms with Crippen LogP contribution in [0.2, 0.25) is 0 Å². The van der Waals surface area contributed by atoms with Crippen molar-refractivity contribution in [2.75, 3.05) is 5.75 Å². The van der Waals surface area contributed by atoms with Gasteiger partial charge in [0, 0.05) is 10.4 Å². The van der Waals surface area contributed by atoms with Gasteiger partial charge in [0.1, 0.15) is 4.83 Å². The number of hydrogen-bond acceptors (Lipinski definition) is 5. The number of H-pyrrole nitrogens is 1. The number of fused-ring (bicyclic) bond motifs is 3. The number of aromatic nitrogens is 2. The lowest BCUT2D eigenvalue weighted by Crippen LogP contribution is -2.14. The number of hydrogen-bond donors (Lipinski definition) is 1. The van der Waals surface area contributed by atoms with Crippen LogP contribution in [0.25, 0.3) is 10.2 Å². The summed E-state index contributed by atoms with van der Waals surface area (Å²) in [5.41, 5.74) is 1.79. The minimum Gasteiger partial charge on any atom is -0.301 e. The molecule has 25 heavy (non-hydrogen) atoms. The van der Waals surface area contributed by atoms with Gasteiger partial charge in [0.25, 0.3) is 5.56 Å². The average Bonchev–Trinajstić information content (AvgIpc) is 2.98. The summed E-state index contributed by atoms with van der Waals surface area (Å²) in [4.78, 5) is 34.4. The molecule has 0 radical (unpaired) electrons. The van der Waals surface area contributed by atoms with Crippen LogP contribution in [0.5, 0.6) is 0 Å². The van der Waals surface area contributed by atoms with Crippen LogP contribution < -0.4 is 5.56 Å². The maximum atomic E-state index is 12.6. The van der Waals surface area contributed by atoms with Crippen LogP contribution in [0.3, 0.4) is 0 Å². The third kappa shape index (κ3) is 3.28. The van der Waals surface area contributed by atoms with Gasteiger partial charge in [0.05, 0.1) is 11.1 Å². The summed E-state index contributed by atoms with van der Waals surface area (Å²) in [7, 11) is 0.